The molecule has 1 aliphatic carbocycles. The highest BCUT2D eigenvalue weighted by Crippen LogP contribution is 2.49. The van der Waals surface area contributed by atoms with Crippen LogP contribution in [0.1, 0.15) is 30.5 Å². The lowest BCUT2D eigenvalue weighted by molar-refractivity contribution is -0.141. The SMILES string of the molecule is O=C(CCc1cc(F)cc(-c2ccc(C(F)(F)F)nc2)c1)[C@@H]1C2CC(C2)N1S(=O)(=O)c1ccc(F)cc1. The lowest BCUT2D eigenvalue weighted by atomic mass is 9.81. The van der Waals surface area contributed by atoms with Crippen LogP contribution in [0, 0.1) is 17.6 Å². The van der Waals surface area contributed by atoms with E-state index in [0.717, 1.165) is 24.4 Å². The fourth-order valence-corrected chi connectivity index (χ4v) is 7.00. The number of alkyl halides is 3. The molecule has 2 aliphatic heterocycles. The molecule has 0 amide bonds. The van der Waals surface area contributed by atoms with E-state index in [0.29, 0.717) is 24.0 Å². The van der Waals surface area contributed by atoms with Crippen LogP contribution in [0.3, 0.4) is 0 Å². The van der Waals surface area contributed by atoms with Gasteiger partial charge in [-0.05, 0) is 78.8 Å². The zero-order chi connectivity index (χ0) is 26.5. The number of carbonyl (C=O) groups is 1. The van der Waals surface area contributed by atoms with Gasteiger partial charge in [0.1, 0.15) is 17.3 Å². The molecule has 5 nitrogen and oxygen atoms in total. The van der Waals surface area contributed by atoms with Crippen LogP contribution < -0.4 is 0 Å². The smallest absolute Gasteiger partial charge is 0.298 e. The Morgan fingerprint density at radius 1 is 0.946 bits per heavy atom. The molecule has 37 heavy (non-hydrogen) atoms. The third-order valence-electron chi connectivity index (χ3n) is 6.95. The van der Waals surface area contributed by atoms with Gasteiger partial charge in [0.2, 0.25) is 10.0 Å². The molecule has 0 spiro atoms. The summed E-state index contributed by atoms with van der Waals surface area (Å²) >= 11 is 0. The van der Waals surface area contributed by atoms with E-state index < -0.39 is 39.6 Å². The van der Waals surface area contributed by atoms with Crippen LogP contribution in [0.5, 0.6) is 0 Å². The zero-order valence-corrected chi connectivity index (χ0v) is 20.1. The number of Topliss-reactive ketones (excluding diaryl/α,β-unsaturated/α-hetero) is 1. The number of sulfonamides is 1. The molecule has 0 radical (unpaired) electrons. The Morgan fingerprint density at radius 2 is 1.65 bits per heavy atom. The van der Waals surface area contributed by atoms with Crippen molar-refractivity contribution < 1.29 is 35.2 Å². The number of ketones is 1. The standard InChI is InChI=1S/C26H21F5N2O3S/c27-19-3-5-22(6-4-19)37(35,36)33-21-12-18(13-21)25(33)23(34)7-1-15-9-17(11-20(28)10-15)16-2-8-24(32-14-16)26(29,30)31/h2-6,8-11,14,18,21,25H,1,7,12-13H2/t18?,21?,25-/m0/s1. The Labute approximate surface area is 210 Å². The number of halogens is 5. The topological polar surface area (TPSA) is 67.3 Å². The lowest BCUT2D eigenvalue weighted by Crippen LogP contribution is -2.41. The van der Waals surface area contributed by atoms with Crippen molar-refractivity contribution in [2.45, 2.75) is 48.8 Å². The Bertz CT molecular complexity index is 1430. The monoisotopic (exact) mass is 536 g/mol. The normalized spacial score (nSPS) is 21.6. The summed E-state index contributed by atoms with van der Waals surface area (Å²) in [6.45, 7) is 0. The summed E-state index contributed by atoms with van der Waals surface area (Å²) in [5, 5.41) is 0. The molecule has 2 aromatic carbocycles. The highest BCUT2D eigenvalue weighted by molar-refractivity contribution is 7.89. The number of hydrogen-bond donors (Lipinski definition) is 0. The first-order valence-electron chi connectivity index (χ1n) is 11.6. The average molecular weight is 537 g/mol. The number of fused-ring (bicyclic) bond motifs is 1. The van der Waals surface area contributed by atoms with Crippen LogP contribution in [-0.4, -0.2) is 35.6 Å². The number of pyridine rings is 1. The number of aromatic nitrogens is 1. The van der Waals surface area contributed by atoms with Crippen molar-refractivity contribution in [2.24, 2.45) is 5.92 Å². The number of nitrogens with zero attached hydrogens (tertiary/aromatic N) is 2. The third kappa shape index (κ3) is 4.89. The van der Waals surface area contributed by atoms with Gasteiger partial charge in [0.25, 0.3) is 0 Å². The molecule has 194 valence electrons. The van der Waals surface area contributed by atoms with Crippen molar-refractivity contribution in [3.8, 4) is 11.1 Å². The van der Waals surface area contributed by atoms with E-state index in [2.05, 4.69) is 4.98 Å². The second-order valence-electron chi connectivity index (χ2n) is 9.36. The fraction of sp³-hybridized carbons (Fsp3) is 0.308. The van der Waals surface area contributed by atoms with Crippen LogP contribution in [0.15, 0.2) is 65.7 Å². The van der Waals surface area contributed by atoms with Crippen LogP contribution in [-0.2, 0) is 27.4 Å². The largest absolute Gasteiger partial charge is 0.433 e. The van der Waals surface area contributed by atoms with Gasteiger partial charge in [-0.25, -0.2) is 17.2 Å². The van der Waals surface area contributed by atoms with Crippen LogP contribution >= 0.6 is 0 Å². The number of rotatable bonds is 7. The molecule has 3 aromatic rings. The summed E-state index contributed by atoms with van der Waals surface area (Å²) < 4.78 is 93.7. The first-order valence-corrected chi connectivity index (χ1v) is 13.0. The Balaban J connectivity index is 1.32. The number of aryl methyl sites for hydroxylation is 1. The third-order valence-corrected chi connectivity index (χ3v) is 8.90. The maximum absolute atomic E-state index is 14.3. The first kappa shape index (κ1) is 25.5. The van der Waals surface area contributed by atoms with E-state index in [1.807, 2.05) is 0 Å². The first-order chi connectivity index (χ1) is 17.4. The molecule has 11 heteroatoms. The van der Waals surface area contributed by atoms with Gasteiger partial charge in [-0.1, -0.05) is 12.1 Å². The van der Waals surface area contributed by atoms with E-state index in [1.165, 1.54) is 34.6 Å². The van der Waals surface area contributed by atoms with E-state index in [1.54, 1.807) is 6.07 Å². The fourth-order valence-electron chi connectivity index (χ4n) is 5.12. The molecule has 1 atom stereocenters. The lowest BCUT2D eigenvalue weighted by Gasteiger charge is -2.25. The maximum atomic E-state index is 14.3. The van der Waals surface area contributed by atoms with E-state index >= 15 is 0 Å². The van der Waals surface area contributed by atoms with Gasteiger partial charge < -0.3 is 0 Å². The summed E-state index contributed by atoms with van der Waals surface area (Å²) in [5.41, 5.74) is -0.0179. The zero-order valence-electron chi connectivity index (χ0n) is 19.3. The summed E-state index contributed by atoms with van der Waals surface area (Å²) in [6, 6.07) is 9.30. The quantitative estimate of drug-likeness (QED) is 0.380. The van der Waals surface area contributed by atoms with Crippen LogP contribution in [0.4, 0.5) is 22.0 Å². The van der Waals surface area contributed by atoms with Gasteiger partial charge in [-0.3, -0.25) is 9.78 Å². The molecule has 3 fully saturated rings. The molecule has 0 N–H and O–H groups in total. The summed E-state index contributed by atoms with van der Waals surface area (Å²) in [5.74, 6) is -1.59. The summed E-state index contributed by atoms with van der Waals surface area (Å²) in [7, 11) is -4.00. The minimum absolute atomic E-state index is 0.0442. The van der Waals surface area contributed by atoms with Gasteiger partial charge in [0, 0.05) is 24.2 Å². The van der Waals surface area contributed by atoms with Gasteiger partial charge in [0.15, 0.2) is 5.78 Å². The predicted molar refractivity (Wildman–Crippen MR) is 124 cm³/mol. The van der Waals surface area contributed by atoms with Crippen LogP contribution in [0.2, 0.25) is 0 Å². The highest BCUT2D eigenvalue weighted by atomic mass is 32.2. The van der Waals surface area contributed by atoms with Gasteiger partial charge in [0.05, 0.1) is 10.9 Å². The molecule has 0 unspecified atom stereocenters. The van der Waals surface area contributed by atoms with E-state index in [-0.39, 0.29) is 41.0 Å². The van der Waals surface area contributed by atoms with E-state index in [4.69, 9.17) is 0 Å². The minimum Gasteiger partial charge on any atom is -0.298 e. The summed E-state index contributed by atoms with van der Waals surface area (Å²) in [4.78, 5) is 16.5. The number of hydrogen-bond acceptors (Lipinski definition) is 4. The number of carbonyl (C=O) groups excluding carboxylic acids is 1. The number of benzene rings is 2. The summed E-state index contributed by atoms with van der Waals surface area (Å²) in [6.07, 6.45) is -2.36. The molecule has 2 bridgehead atoms. The molecule has 3 aliphatic rings. The molecule has 3 heterocycles. The van der Waals surface area contributed by atoms with Crippen molar-refractivity contribution in [2.75, 3.05) is 0 Å². The van der Waals surface area contributed by atoms with Crippen molar-refractivity contribution in [1.29, 1.82) is 0 Å². The van der Waals surface area contributed by atoms with E-state index in [9.17, 15) is 35.2 Å². The molecule has 1 saturated carbocycles. The minimum atomic E-state index is -4.59. The molecular formula is C26H21F5N2O3S. The molecule has 1 aromatic heterocycles. The van der Waals surface area contributed by atoms with Crippen molar-refractivity contribution in [1.82, 2.24) is 9.29 Å². The van der Waals surface area contributed by atoms with Crippen LogP contribution in [0.25, 0.3) is 11.1 Å². The molecule has 6 rings (SSSR count). The van der Waals surface area contributed by atoms with Crippen molar-refractivity contribution in [3.05, 3.63) is 83.7 Å². The second-order valence-corrected chi connectivity index (χ2v) is 11.2. The maximum Gasteiger partial charge on any atom is 0.433 e. The average Bonchev–Trinajstić information content (AvgIpc) is 3.40. The Kier molecular flexibility index (Phi) is 6.39. The Morgan fingerprint density at radius 3 is 2.27 bits per heavy atom. The molecule has 2 saturated heterocycles. The molecular weight excluding hydrogens is 515 g/mol. The predicted octanol–water partition coefficient (Wildman–Crippen LogP) is 5.40. The second kappa shape index (κ2) is 9.29. The van der Waals surface area contributed by atoms with Crippen molar-refractivity contribution in [3.63, 3.8) is 0 Å². The van der Waals surface area contributed by atoms with Gasteiger partial charge in [-0.2, -0.15) is 17.5 Å². The Hall–Kier alpha value is -3.18. The van der Waals surface area contributed by atoms with Gasteiger partial charge in [-0.15, -0.1) is 0 Å². The van der Waals surface area contributed by atoms with Gasteiger partial charge >= 0.3 is 6.18 Å². The van der Waals surface area contributed by atoms with Crippen molar-refractivity contribution >= 4 is 15.8 Å². The highest BCUT2D eigenvalue weighted by Gasteiger charge is 2.58.